The summed E-state index contributed by atoms with van der Waals surface area (Å²) in [6, 6.07) is 7.42. The van der Waals surface area contributed by atoms with Gasteiger partial charge in [0.1, 0.15) is 5.82 Å². The van der Waals surface area contributed by atoms with Crippen LogP contribution >= 0.6 is 0 Å². The lowest BCUT2D eigenvalue weighted by molar-refractivity contribution is 0.102. The van der Waals surface area contributed by atoms with E-state index in [4.69, 9.17) is 0 Å². The van der Waals surface area contributed by atoms with Crippen molar-refractivity contribution in [3.05, 3.63) is 41.6 Å². The Labute approximate surface area is 98.2 Å². The number of fused-ring (bicyclic) bond motifs is 1. The fraction of sp³-hybridized carbons (Fsp3) is 0.167. The SMILES string of the molecule is O=C(Nc1ccn[nH]1)c1ccc2c(c1)CCN2. The van der Waals surface area contributed by atoms with Gasteiger partial charge in [-0.25, -0.2) is 0 Å². The van der Waals surface area contributed by atoms with E-state index in [1.54, 1.807) is 12.3 Å². The number of amides is 1. The fourth-order valence-electron chi connectivity index (χ4n) is 1.97. The standard InChI is InChI=1S/C12H12N4O/c17-12(15-11-4-6-14-16-11)9-1-2-10-8(7-9)3-5-13-10/h1-2,4,6-7,13H,3,5H2,(H2,14,15,16,17). The van der Waals surface area contributed by atoms with Gasteiger partial charge in [0.25, 0.3) is 5.91 Å². The van der Waals surface area contributed by atoms with Crippen LogP contribution in [0.1, 0.15) is 15.9 Å². The zero-order valence-electron chi connectivity index (χ0n) is 9.16. The quantitative estimate of drug-likeness (QED) is 0.731. The number of rotatable bonds is 2. The fourth-order valence-corrected chi connectivity index (χ4v) is 1.97. The highest BCUT2D eigenvalue weighted by molar-refractivity contribution is 6.04. The van der Waals surface area contributed by atoms with Gasteiger partial charge >= 0.3 is 0 Å². The average molecular weight is 228 g/mol. The Morgan fingerprint density at radius 3 is 3.12 bits per heavy atom. The van der Waals surface area contributed by atoms with Crippen LogP contribution in [0.15, 0.2) is 30.5 Å². The molecule has 17 heavy (non-hydrogen) atoms. The Balaban J connectivity index is 1.82. The summed E-state index contributed by atoms with van der Waals surface area (Å²) in [6.45, 7) is 0.945. The largest absolute Gasteiger partial charge is 0.384 e. The molecule has 5 nitrogen and oxygen atoms in total. The number of carbonyl (C=O) groups is 1. The minimum atomic E-state index is -0.121. The van der Waals surface area contributed by atoms with E-state index in [0.29, 0.717) is 11.4 Å². The number of aromatic amines is 1. The highest BCUT2D eigenvalue weighted by Gasteiger charge is 2.13. The smallest absolute Gasteiger partial charge is 0.256 e. The van der Waals surface area contributed by atoms with Crippen LogP contribution in [-0.4, -0.2) is 22.6 Å². The number of hydrogen-bond acceptors (Lipinski definition) is 3. The summed E-state index contributed by atoms with van der Waals surface area (Å²) >= 11 is 0. The number of aromatic nitrogens is 2. The summed E-state index contributed by atoms with van der Waals surface area (Å²) in [5.74, 6) is 0.484. The molecule has 0 bridgehead atoms. The van der Waals surface area contributed by atoms with Gasteiger partial charge in [0.05, 0.1) is 6.20 Å². The molecule has 1 amide bonds. The first kappa shape index (κ1) is 9.89. The topological polar surface area (TPSA) is 69.8 Å². The van der Waals surface area contributed by atoms with Crippen LogP contribution in [0.5, 0.6) is 0 Å². The van der Waals surface area contributed by atoms with Crippen molar-refractivity contribution in [2.45, 2.75) is 6.42 Å². The van der Waals surface area contributed by atoms with Crippen molar-refractivity contribution < 1.29 is 4.79 Å². The molecule has 0 atom stereocenters. The molecule has 5 heteroatoms. The van der Waals surface area contributed by atoms with Crippen molar-refractivity contribution in [1.82, 2.24) is 10.2 Å². The third-order valence-electron chi connectivity index (χ3n) is 2.83. The van der Waals surface area contributed by atoms with Crippen LogP contribution in [0.25, 0.3) is 0 Å². The summed E-state index contributed by atoms with van der Waals surface area (Å²) in [6.07, 6.45) is 2.57. The molecule has 0 aliphatic carbocycles. The Morgan fingerprint density at radius 2 is 2.29 bits per heavy atom. The number of nitrogens with one attached hydrogen (secondary N) is 3. The van der Waals surface area contributed by atoms with E-state index >= 15 is 0 Å². The number of benzene rings is 1. The maximum Gasteiger partial charge on any atom is 0.256 e. The minimum absolute atomic E-state index is 0.121. The van der Waals surface area contributed by atoms with E-state index < -0.39 is 0 Å². The third kappa shape index (κ3) is 1.87. The summed E-state index contributed by atoms with van der Waals surface area (Å²) in [5, 5.41) is 12.5. The Bertz CT molecular complexity index is 548. The van der Waals surface area contributed by atoms with Crippen LogP contribution < -0.4 is 10.6 Å². The number of hydrogen-bond donors (Lipinski definition) is 3. The lowest BCUT2D eigenvalue weighted by Gasteiger charge is -2.05. The van der Waals surface area contributed by atoms with Crippen molar-refractivity contribution in [1.29, 1.82) is 0 Å². The molecular formula is C12H12N4O. The first-order chi connectivity index (χ1) is 8.33. The molecule has 1 aliphatic rings. The van der Waals surface area contributed by atoms with Gasteiger partial charge in [-0.1, -0.05) is 0 Å². The van der Waals surface area contributed by atoms with Gasteiger partial charge in [-0.3, -0.25) is 9.89 Å². The average Bonchev–Trinajstić information content (AvgIpc) is 2.97. The van der Waals surface area contributed by atoms with Crippen molar-refractivity contribution in [2.24, 2.45) is 0 Å². The molecule has 0 saturated carbocycles. The van der Waals surface area contributed by atoms with Gasteiger partial charge in [-0.15, -0.1) is 0 Å². The van der Waals surface area contributed by atoms with E-state index in [1.807, 2.05) is 18.2 Å². The number of anilines is 2. The van der Waals surface area contributed by atoms with E-state index in [1.165, 1.54) is 5.56 Å². The lowest BCUT2D eigenvalue weighted by Crippen LogP contribution is -2.12. The third-order valence-corrected chi connectivity index (χ3v) is 2.83. The molecule has 2 aromatic rings. The van der Waals surface area contributed by atoms with Gasteiger partial charge in [-0.2, -0.15) is 5.10 Å². The van der Waals surface area contributed by atoms with Crippen molar-refractivity contribution in [3.8, 4) is 0 Å². The van der Waals surface area contributed by atoms with E-state index in [0.717, 1.165) is 18.7 Å². The number of nitrogens with zero attached hydrogens (tertiary/aromatic N) is 1. The van der Waals surface area contributed by atoms with Crippen LogP contribution in [0.2, 0.25) is 0 Å². The second kappa shape index (κ2) is 3.93. The molecule has 0 spiro atoms. The molecule has 86 valence electrons. The zero-order chi connectivity index (χ0) is 11.7. The molecule has 0 fully saturated rings. The molecule has 0 radical (unpaired) electrons. The molecule has 0 saturated heterocycles. The van der Waals surface area contributed by atoms with E-state index in [9.17, 15) is 4.79 Å². The predicted octanol–water partition coefficient (Wildman–Crippen LogP) is 1.63. The summed E-state index contributed by atoms with van der Waals surface area (Å²) in [5.41, 5.74) is 2.99. The summed E-state index contributed by atoms with van der Waals surface area (Å²) in [4.78, 5) is 11.9. The summed E-state index contributed by atoms with van der Waals surface area (Å²) < 4.78 is 0. The number of H-pyrrole nitrogens is 1. The Hall–Kier alpha value is -2.30. The van der Waals surface area contributed by atoms with Crippen molar-refractivity contribution in [2.75, 3.05) is 17.2 Å². The maximum absolute atomic E-state index is 11.9. The molecule has 1 aromatic heterocycles. The maximum atomic E-state index is 11.9. The second-order valence-corrected chi connectivity index (χ2v) is 3.97. The summed E-state index contributed by atoms with van der Waals surface area (Å²) in [7, 11) is 0. The van der Waals surface area contributed by atoms with Crippen LogP contribution in [0, 0.1) is 0 Å². The number of carbonyl (C=O) groups excluding carboxylic acids is 1. The van der Waals surface area contributed by atoms with Gasteiger partial charge in [0.2, 0.25) is 0 Å². The molecule has 3 rings (SSSR count). The first-order valence-corrected chi connectivity index (χ1v) is 5.50. The molecule has 2 heterocycles. The van der Waals surface area contributed by atoms with Crippen molar-refractivity contribution >= 4 is 17.4 Å². The van der Waals surface area contributed by atoms with E-state index in [2.05, 4.69) is 20.8 Å². The van der Waals surface area contributed by atoms with Gasteiger partial charge in [0, 0.05) is 23.9 Å². The molecule has 1 aliphatic heterocycles. The second-order valence-electron chi connectivity index (χ2n) is 3.97. The van der Waals surface area contributed by atoms with Crippen molar-refractivity contribution in [3.63, 3.8) is 0 Å². The monoisotopic (exact) mass is 228 g/mol. The van der Waals surface area contributed by atoms with Gasteiger partial charge < -0.3 is 10.6 Å². The normalized spacial score (nSPS) is 12.9. The zero-order valence-corrected chi connectivity index (χ0v) is 9.16. The van der Waals surface area contributed by atoms with Crippen LogP contribution in [-0.2, 0) is 6.42 Å². The Kier molecular flexibility index (Phi) is 2.29. The highest BCUT2D eigenvalue weighted by Crippen LogP contribution is 2.23. The molecule has 1 aromatic carbocycles. The molecular weight excluding hydrogens is 216 g/mol. The Morgan fingerprint density at radius 1 is 1.35 bits per heavy atom. The van der Waals surface area contributed by atoms with Gasteiger partial charge in [-0.05, 0) is 30.2 Å². The molecule has 0 unspecified atom stereocenters. The molecule has 3 N–H and O–H groups in total. The predicted molar refractivity (Wildman–Crippen MR) is 65.2 cm³/mol. The lowest BCUT2D eigenvalue weighted by atomic mass is 10.1. The minimum Gasteiger partial charge on any atom is -0.384 e. The first-order valence-electron chi connectivity index (χ1n) is 5.50. The highest BCUT2D eigenvalue weighted by atomic mass is 16.1. The van der Waals surface area contributed by atoms with Crippen LogP contribution in [0.4, 0.5) is 11.5 Å². The van der Waals surface area contributed by atoms with E-state index in [-0.39, 0.29) is 5.91 Å². The van der Waals surface area contributed by atoms with Crippen LogP contribution in [0.3, 0.4) is 0 Å². The van der Waals surface area contributed by atoms with Gasteiger partial charge in [0.15, 0.2) is 0 Å².